The smallest absolute Gasteiger partial charge is 0.320 e. The van der Waals surface area contributed by atoms with Crippen LogP contribution in [0.4, 0.5) is 0 Å². The average Bonchev–Trinajstić information content (AvgIpc) is 3.19. The summed E-state index contributed by atoms with van der Waals surface area (Å²) in [6.45, 7) is 2.61. The van der Waals surface area contributed by atoms with Crippen molar-refractivity contribution in [3.05, 3.63) is 65.4 Å². The number of nitrogens with one attached hydrogen (secondary N) is 1. The highest BCUT2D eigenvalue weighted by atomic mass is 16.5. The summed E-state index contributed by atoms with van der Waals surface area (Å²) in [7, 11) is 1.78. The van der Waals surface area contributed by atoms with E-state index >= 15 is 0 Å². The number of carbonyl (C=O) groups excluding carboxylic acids is 2. The molecule has 1 aromatic heterocycles. The second-order valence-electron chi connectivity index (χ2n) is 7.33. The monoisotopic (exact) mass is 404 g/mol. The second-order valence-corrected chi connectivity index (χ2v) is 7.33. The van der Waals surface area contributed by atoms with E-state index in [1.165, 1.54) is 0 Å². The van der Waals surface area contributed by atoms with Gasteiger partial charge in [0.25, 0.3) is 5.91 Å². The van der Waals surface area contributed by atoms with Crippen LogP contribution in [0.5, 0.6) is 0 Å². The van der Waals surface area contributed by atoms with Crippen molar-refractivity contribution in [1.29, 1.82) is 0 Å². The number of fused-ring (bicyclic) bond motifs is 1. The number of likely N-dealkylation sites (N-methyl/N-ethyl adjacent to an activating group) is 1. The van der Waals surface area contributed by atoms with Crippen LogP contribution in [0.3, 0.4) is 0 Å². The van der Waals surface area contributed by atoms with Crippen molar-refractivity contribution in [1.82, 2.24) is 20.0 Å². The number of aromatic nitrogens is 2. The lowest BCUT2D eigenvalue weighted by Gasteiger charge is -2.27. The molecule has 0 unspecified atom stereocenters. The molecule has 1 aliphatic heterocycles. The average molecular weight is 404 g/mol. The van der Waals surface area contributed by atoms with Gasteiger partial charge < -0.3 is 9.64 Å². The summed E-state index contributed by atoms with van der Waals surface area (Å²) in [4.78, 5) is 27.7. The van der Waals surface area contributed by atoms with E-state index in [2.05, 4.69) is 10.2 Å². The van der Waals surface area contributed by atoms with E-state index in [1.54, 1.807) is 11.9 Å². The van der Waals surface area contributed by atoms with E-state index in [9.17, 15) is 9.59 Å². The van der Waals surface area contributed by atoms with E-state index in [1.807, 2.05) is 65.6 Å². The minimum absolute atomic E-state index is 0.0385. The standard InChI is InChI=1S/C23H24N4O3/c1-26(12-13-27-14-15-30-22(28)16-27)23(29)18-9-6-17(7-10-18)8-11-21-19-4-2-3-5-20(19)24-25-21/h2-11H,12-16H2,1H3,(H,24,25). The number of carbonyl (C=O) groups is 2. The Hall–Kier alpha value is -3.45. The third kappa shape index (κ3) is 4.58. The van der Waals surface area contributed by atoms with Crippen LogP contribution in [-0.4, -0.2) is 71.7 Å². The van der Waals surface area contributed by atoms with Crippen molar-refractivity contribution in [3.63, 3.8) is 0 Å². The maximum Gasteiger partial charge on any atom is 0.320 e. The number of H-pyrrole nitrogens is 1. The Bertz CT molecular complexity index is 1070. The summed E-state index contributed by atoms with van der Waals surface area (Å²) in [6, 6.07) is 15.5. The number of benzene rings is 2. The molecule has 0 aliphatic carbocycles. The highest BCUT2D eigenvalue weighted by Crippen LogP contribution is 2.18. The Labute approximate surface area is 174 Å². The van der Waals surface area contributed by atoms with E-state index in [4.69, 9.17) is 4.74 Å². The van der Waals surface area contributed by atoms with Crippen molar-refractivity contribution in [2.75, 3.05) is 39.8 Å². The van der Waals surface area contributed by atoms with Crippen LogP contribution in [0.2, 0.25) is 0 Å². The Morgan fingerprint density at radius 2 is 2.00 bits per heavy atom. The molecule has 0 atom stereocenters. The summed E-state index contributed by atoms with van der Waals surface area (Å²) in [5.41, 5.74) is 3.51. The molecule has 1 N–H and O–H groups in total. The van der Waals surface area contributed by atoms with E-state index in [-0.39, 0.29) is 18.4 Å². The number of nitrogens with zero attached hydrogens (tertiary/aromatic N) is 3. The van der Waals surface area contributed by atoms with Gasteiger partial charge in [0.15, 0.2) is 0 Å². The first-order valence-corrected chi connectivity index (χ1v) is 9.95. The Morgan fingerprint density at radius 3 is 2.80 bits per heavy atom. The maximum atomic E-state index is 12.7. The van der Waals surface area contributed by atoms with E-state index < -0.39 is 0 Å². The molecule has 3 aromatic rings. The molecule has 0 radical (unpaired) electrons. The molecule has 4 rings (SSSR count). The van der Waals surface area contributed by atoms with Gasteiger partial charge in [0, 0.05) is 37.6 Å². The zero-order valence-electron chi connectivity index (χ0n) is 16.9. The lowest BCUT2D eigenvalue weighted by atomic mass is 10.1. The molecule has 0 bridgehead atoms. The van der Waals surface area contributed by atoms with E-state index in [0.29, 0.717) is 31.8 Å². The normalized spacial score (nSPS) is 14.9. The third-order valence-corrected chi connectivity index (χ3v) is 5.21. The van der Waals surface area contributed by atoms with Gasteiger partial charge in [-0.1, -0.05) is 36.4 Å². The minimum atomic E-state index is -0.207. The first-order valence-electron chi connectivity index (χ1n) is 9.95. The van der Waals surface area contributed by atoms with Crippen LogP contribution in [0.25, 0.3) is 23.1 Å². The zero-order valence-corrected chi connectivity index (χ0v) is 16.9. The number of aromatic amines is 1. The maximum absolute atomic E-state index is 12.7. The first-order chi connectivity index (χ1) is 14.6. The van der Waals surface area contributed by atoms with Crippen LogP contribution >= 0.6 is 0 Å². The van der Waals surface area contributed by atoms with Crippen LogP contribution in [0.15, 0.2) is 48.5 Å². The molecular weight excluding hydrogens is 380 g/mol. The molecule has 7 heteroatoms. The zero-order chi connectivity index (χ0) is 20.9. The molecule has 1 amide bonds. The largest absolute Gasteiger partial charge is 0.463 e. The predicted octanol–water partition coefficient (Wildman–Crippen LogP) is 2.66. The number of esters is 1. The van der Waals surface area contributed by atoms with Crippen molar-refractivity contribution in [3.8, 4) is 0 Å². The SMILES string of the molecule is CN(CCN1CCOC(=O)C1)C(=O)c1ccc(C=Cc2n[nH]c3ccccc23)cc1. The molecular formula is C23H24N4O3. The summed E-state index contributed by atoms with van der Waals surface area (Å²) in [5, 5.41) is 8.43. The lowest BCUT2D eigenvalue weighted by Crippen LogP contribution is -2.44. The number of cyclic esters (lactones) is 1. The van der Waals surface area contributed by atoms with Crippen molar-refractivity contribution in [2.45, 2.75) is 0 Å². The second kappa shape index (κ2) is 8.92. The summed E-state index contributed by atoms with van der Waals surface area (Å²) in [6.07, 6.45) is 3.95. The van der Waals surface area contributed by atoms with Crippen molar-refractivity contribution < 1.29 is 14.3 Å². The molecule has 0 saturated carbocycles. The van der Waals surface area contributed by atoms with Crippen LogP contribution in [-0.2, 0) is 9.53 Å². The fraction of sp³-hybridized carbons (Fsp3) is 0.261. The Morgan fingerprint density at radius 1 is 1.20 bits per heavy atom. The topological polar surface area (TPSA) is 78.5 Å². The molecule has 1 saturated heterocycles. The van der Waals surface area contributed by atoms with Gasteiger partial charge in [-0.05, 0) is 29.8 Å². The quantitative estimate of drug-likeness (QED) is 0.639. The number of morpholine rings is 1. The summed E-state index contributed by atoms with van der Waals surface area (Å²) in [5.74, 6) is -0.245. The summed E-state index contributed by atoms with van der Waals surface area (Å²) >= 11 is 0. The number of hydrogen-bond donors (Lipinski definition) is 1. The number of rotatable bonds is 6. The van der Waals surface area contributed by atoms with Crippen molar-refractivity contribution >= 4 is 34.9 Å². The number of amides is 1. The molecule has 1 fully saturated rings. The molecule has 2 aromatic carbocycles. The highest BCUT2D eigenvalue weighted by Gasteiger charge is 2.19. The third-order valence-electron chi connectivity index (χ3n) is 5.21. The first kappa shape index (κ1) is 19.8. The lowest BCUT2D eigenvalue weighted by molar-refractivity contribution is -0.150. The molecule has 2 heterocycles. The van der Waals surface area contributed by atoms with Crippen LogP contribution in [0, 0.1) is 0 Å². The predicted molar refractivity (Wildman–Crippen MR) is 116 cm³/mol. The minimum Gasteiger partial charge on any atom is -0.463 e. The number of para-hydroxylation sites is 1. The van der Waals surface area contributed by atoms with Gasteiger partial charge >= 0.3 is 5.97 Å². The van der Waals surface area contributed by atoms with Gasteiger partial charge in [0.05, 0.1) is 17.8 Å². The summed E-state index contributed by atoms with van der Waals surface area (Å²) < 4.78 is 4.94. The molecule has 7 nitrogen and oxygen atoms in total. The Kier molecular flexibility index (Phi) is 5.90. The van der Waals surface area contributed by atoms with Crippen LogP contribution < -0.4 is 0 Å². The highest BCUT2D eigenvalue weighted by molar-refractivity contribution is 5.94. The molecule has 0 spiro atoms. The van der Waals surface area contributed by atoms with Gasteiger partial charge in [-0.3, -0.25) is 19.6 Å². The van der Waals surface area contributed by atoms with Crippen molar-refractivity contribution in [2.24, 2.45) is 0 Å². The molecule has 1 aliphatic rings. The van der Waals surface area contributed by atoms with Gasteiger partial charge in [-0.15, -0.1) is 0 Å². The van der Waals surface area contributed by atoms with E-state index in [0.717, 1.165) is 22.2 Å². The van der Waals surface area contributed by atoms with Crippen LogP contribution in [0.1, 0.15) is 21.6 Å². The van der Waals surface area contributed by atoms with Gasteiger partial charge in [-0.25, -0.2) is 0 Å². The molecule has 154 valence electrons. The Balaban J connectivity index is 1.35. The fourth-order valence-electron chi connectivity index (χ4n) is 3.42. The number of ether oxygens (including phenoxy) is 1. The fourth-order valence-corrected chi connectivity index (χ4v) is 3.42. The van der Waals surface area contributed by atoms with Gasteiger partial charge in [-0.2, -0.15) is 5.10 Å². The van der Waals surface area contributed by atoms with Gasteiger partial charge in [0.1, 0.15) is 6.61 Å². The number of hydrogen-bond acceptors (Lipinski definition) is 5. The van der Waals surface area contributed by atoms with Gasteiger partial charge in [0.2, 0.25) is 0 Å². The molecule has 30 heavy (non-hydrogen) atoms.